The molecule has 1 atom stereocenters. The number of carbonyl (C=O) groups excluding carboxylic acids is 1. The van der Waals surface area contributed by atoms with Crippen molar-refractivity contribution in [3.8, 4) is 0 Å². The predicted molar refractivity (Wildman–Crippen MR) is 93.1 cm³/mol. The van der Waals surface area contributed by atoms with Gasteiger partial charge in [-0.2, -0.15) is 5.10 Å². The van der Waals surface area contributed by atoms with Gasteiger partial charge in [0, 0.05) is 19.1 Å². The van der Waals surface area contributed by atoms with Gasteiger partial charge in [0.2, 0.25) is 0 Å². The number of rotatable bonds is 3. The molecule has 2 aliphatic rings. The van der Waals surface area contributed by atoms with Crippen molar-refractivity contribution in [2.24, 2.45) is 0 Å². The summed E-state index contributed by atoms with van der Waals surface area (Å²) < 4.78 is 5.67. The van der Waals surface area contributed by atoms with Crippen LogP contribution in [0.4, 0.5) is 10.6 Å². The van der Waals surface area contributed by atoms with E-state index in [4.69, 9.17) is 4.74 Å². The lowest BCUT2D eigenvalue weighted by Crippen LogP contribution is -2.52. The van der Waals surface area contributed by atoms with Crippen LogP contribution in [0.2, 0.25) is 0 Å². The molecule has 0 bridgehead atoms. The maximum absolute atomic E-state index is 12.7. The van der Waals surface area contributed by atoms with Gasteiger partial charge in [0.15, 0.2) is 5.82 Å². The van der Waals surface area contributed by atoms with E-state index < -0.39 is 5.60 Å². The van der Waals surface area contributed by atoms with E-state index in [9.17, 15) is 4.79 Å². The zero-order chi connectivity index (χ0) is 17.3. The Labute approximate surface area is 144 Å². The molecule has 1 aromatic heterocycles. The van der Waals surface area contributed by atoms with E-state index in [-0.39, 0.29) is 12.1 Å². The molecule has 1 aliphatic carbocycles. The minimum absolute atomic E-state index is 0.172. The van der Waals surface area contributed by atoms with Crippen LogP contribution < -0.4 is 4.90 Å². The van der Waals surface area contributed by atoms with E-state index in [2.05, 4.69) is 15.1 Å². The van der Waals surface area contributed by atoms with Crippen molar-refractivity contribution in [1.29, 1.82) is 0 Å². The first-order valence-corrected chi connectivity index (χ1v) is 8.90. The molecule has 1 saturated heterocycles. The summed E-state index contributed by atoms with van der Waals surface area (Å²) in [4.78, 5) is 16.9. The first-order chi connectivity index (χ1) is 11.3. The van der Waals surface area contributed by atoms with Gasteiger partial charge in [-0.15, -0.1) is 5.10 Å². The summed E-state index contributed by atoms with van der Waals surface area (Å²) in [7, 11) is 0. The van der Waals surface area contributed by atoms with Gasteiger partial charge >= 0.3 is 6.09 Å². The average molecular weight is 332 g/mol. The van der Waals surface area contributed by atoms with E-state index >= 15 is 0 Å². The van der Waals surface area contributed by atoms with Crippen LogP contribution in [0.1, 0.15) is 52.1 Å². The fourth-order valence-corrected chi connectivity index (χ4v) is 3.31. The first-order valence-electron chi connectivity index (χ1n) is 8.90. The highest BCUT2D eigenvalue weighted by Gasteiger charge is 2.40. The fourth-order valence-electron chi connectivity index (χ4n) is 3.31. The van der Waals surface area contributed by atoms with E-state index in [0.717, 1.165) is 43.9 Å². The zero-order valence-electron chi connectivity index (χ0n) is 15.2. The molecule has 1 amide bonds. The largest absolute Gasteiger partial charge is 0.444 e. The first kappa shape index (κ1) is 17.0. The summed E-state index contributed by atoms with van der Waals surface area (Å²) in [6.45, 7) is 9.40. The number of anilines is 1. The Morgan fingerprint density at radius 2 is 1.96 bits per heavy atom. The van der Waals surface area contributed by atoms with Crippen molar-refractivity contribution < 1.29 is 9.53 Å². The van der Waals surface area contributed by atoms with E-state index in [1.165, 1.54) is 6.42 Å². The minimum Gasteiger partial charge on any atom is -0.444 e. The molecule has 6 nitrogen and oxygen atoms in total. The van der Waals surface area contributed by atoms with Crippen molar-refractivity contribution >= 4 is 11.9 Å². The summed E-state index contributed by atoms with van der Waals surface area (Å²) >= 11 is 0. The highest BCUT2D eigenvalue weighted by molar-refractivity contribution is 5.69. The van der Waals surface area contributed by atoms with E-state index in [1.807, 2.05) is 44.7 Å². The second-order valence-corrected chi connectivity index (χ2v) is 7.89. The molecule has 24 heavy (non-hydrogen) atoms. The molecule has 1 saturated carbocycles. The third-order valence-electron chi connectivity index (χ3n) is 4.74. The maximum Gasteiger partial charge on any atom is 0.410 e. The summed E-state index contributed by atoms with van der Waals surface area (Å²) in [5.74, 6) is 0.890. The lowest BCUT2D eigenvalue weighted by Gasteiger charge is -2.41. The number of nitrogens with zero attached hydrogens (tertiary/aromatic N) is 4. The highest BCUT2D eigenvalue weighted by Crippen LogP contribution is 2.32. The van der Waals surface area contributed by atoms with Gasteiger partial charge in [0.1, 0.15) is 5.60 Å². The Bertz CT molecular complexity index is 578. The number of ether oxygens (including phenoxy) is 1. The topological polar surface area (TPSA) is 58.6 Å². The molecular formula is C18H28N4O2. The fraction of sp³-hybridized carbons (Fsp3) is 0.722. The number of aromatic nitrogens is 2. The molecule has 0 spiro atoms. The van der Waals surface area contributed by atoms with E-state index in [1.54, 1.807) is 0 Å². The SMILES string of the molecule is Cc1ccc(N2CCC(N(C(=O)OC(C)(C)C)C3CCC3)C2)nn1. The van der Waals surface area contributed by atoms with Crippen LogP contribution in [0.25, 0.3) is 0 Å². The molecule has 1 aliphatic heterocycles. The van der Waals surface area contributed by atoms with Crippen molar-refractivity contribution in [3.05, 3.63) is 17.8 Å². The number of hydrogen-bond donors (Lipinski definition) is 0. The Balaban J connectivity index is 1.70. The van der Waals surface area contributed by atoms with Gasteiger partial charge in [-0.05, 0) is 65.5 Å². The van der Waals surface area contributed by atoms with Gasteiger partial charge in [-0.1, -0.05) is 0 Å². The van der Waals surface area contributed by atoms with Gasteiger partial charge in [0.25, 0.3) is 0 Å². The molecular weight excluding hydrogens is 304 g/mol. The average Bonchev–Trinajstić information content (AvgIpc) is 2.90. The molecule has 1 unspecified atom stereocenters. The Morgan fingerprint density at radius 1 is 1.21 bits per heavy atom. The standard InChI is InChI=1S/C18H28N4O2/c1-13-8-9-16(20-19-13)21-11-10-15(12-21)22(14-6-5-7-14)17(23)24-18(2,3)4/h8-9,14-15H,5-7,10-12H2,1-4H3. The molecule has 0 radical (unpaired) electrons. The van der Waals surface area contributed by atoms with Crippen molar-refractivity contribution in [2.75, 3.05) is 18.0 Å². The Morgan fingerprint density at radius 3 is 2.50 bits per heavy atom. The lowest BCUT2D eigenvalue weighted by molar-refractivity contribution is -0.00350. The second-order valence-electron chi connectivity index (χ2n) is 7.89. The molecule has 3 rings (SSSR count). The number of carbonyl (C=O) groups is 1. The second kappa shape index (κ2) is 6.57. The van der Waals surface area contributed by atoms with Gasteiger partial charge in [-0.3, -0.25) is 0 Å². The van der Waals surface area contributed by atoms with Crippen molar-refractivity contribution in [3.63, 3.8) is 0 Å². The summed E-state index contributed by atoms with van der Waals surface area (Å²) in [6.07, 6.45) is 4.14. The number of aryl methyl sites for hydroxylation is 1. The highest BCUT2D eigenvalue weighted by atomic mass is 16.6. The quantitative estimate of drug-likeness (QED) is 0.851. The van der Waals surface area contributed by atoms with Crippen LogP contribution in [0.5, 0.6) is 0 Å². The minimum atomic E-state index is -0.459. The normalized spacial score (nSPS) is 21.5. The summed E-state index contributed by atoms with van der Waals surface area (Å²) in [5, 5.41) is 8.42. The van der Waals surface area contributed by atoms with Gasteiger partial charge in [-0.25, -0.2) is 4.79 Å². The third kappa shape index (κ3) is 3.79. The summed E-state index contributed by atoms with van der Waals surface area (Å²) in [6, 6.07) is 4.50. The van der Waals surface area contributed by atoms with E-state index in [0.29, 0.717) is 6.04 Å². The third-order valence-corrected chi connectivity index (χ3v) is 4.74. The van der Waals surface area contributed by atoms with Crippen LogP contribution in [0.15, 0.2) is 12.1 Å². The monoisotopic (exact) mass is 332 g/mol. The Kier molecular flexibility index (Phi) is 4.65. The number of amides is 1. The van der Waals surface area contributed by atoms with Crippen LogP contribution in [-0.2, 0) is 4.74 Å². The lowest BCUT2D eigenvalue weighted by atomic mass is 9.90. The van der Waals surface area contributed by atoms with Crippen molar-refractivity contribution in [1.82, 2.24) is 15.1 Å². The predicted octanol–water partition coefficient (Wildman–Crippen LogP) is 3.15. The molecule has 0 aromatic carbocycles. The molecule has 1 aromatic rings. The molecule has 2 fully saturated rings. The van der Waals surface area contributed by atoms with Gasteiger partial charge in [0.05, 0.1) is 11.7 Å². The molecule has 0 N–H and O–H groups in total. The van der Waals surface area contributed by atoms with Crippen LogP contribution in [0, 0.1) is 6.92 Å². The smallest absolute Gasteiger partial charge is 0.410 e. The molecule has 132 valence electrons. The van der Waals surface area contributed by atoms with Crippen LogP contribution >= 0.6 is 0 Å². The van der Waals surface area contributed by atoms with Crippen LogP contribution in [-0.4, -0.2) is 52.0 Å². The van der Waals surface area contributed by atoms with Gasteiger partial charge < -0.3 is 14.5 Å². The zero-order valence-corrected chi connectivity index (χ0v) is 15.2. The molecule has 6 heteroatoms. The molecule has 2 heterocycles. The Hall–Kier alpha value is -1.85. The van der Waals surface area contributed by atoms with Crippen molar-refractivity contribution in [2.45, 2.75) is 71.1 Å². The summed E-state index contributed by atoms with van der Waals surface area (Å²) in [5.41, 5.74) is 0.458. The number of hydrogen-bond acceptors (Lipinski definition) is 5. The maximum atomic E-state index is 12.7. The van der Waals surface area contributed by atoms with Crippen LogP contribution in [0.3, 0.4) is 0 Å².